The lowest BCUT2D eigenvalue weighted by Crippen LogP contribution is -2.33. The minimum Gasteiger partial charge on any atom is -0.377 e. The predicted molar refractivity (Wildman–Crippen MR) is 64.0 cm³/mol. The van der Waals surface area contributed by atoms with Gasteiger partial charge in [-0.1, -0.05) is 12.1 Å². The number of nitrogens with one attached hydrogen (secondary N) is 1. The van der Waals surface area contributed by atoms with Gasteiger partial charge in [-0.2, -0.15) is 0 Å². The van der Waals surface area contributed by atoms with Crippen LogP contribution in [0, 0.1) is 5.82 Å². The number of hydrogen-bond donors (Lipinski definition) is 1. The van der Waals surface area contributed by atoms with E-state index in [1.54, 1.807) is 12.1 Å². The van der Waals surface area contributed by atoms with Gasteiger partial charge in [0.1, 0.15) is 5.82 Å². The summed E-state index contributed by atoms with van der Waals surface area (Å²) >= 11 is 0. The predicted octanol–water partition coefficient (Wildman–Crippen LogP) is 2.38. The minimum atomic E-state index is -0.183. The van der Waals surface area contributed by atoms with Crippen molar-refractivity contribution in [1.29, 1.82) is 0 Å². The van der Waals surface area contributed by atoms with Crippen molar-refractivity contribution < 1.29 is 9.13 Å². The van der Waals surface area contributed by atoms with E-state index >= 15 is 0 Å². The molecule has 0 aliphatic carbocycles. The third-order valence-electron chi connectivity index (χ3n) is 2.41. The maximum atomic E-state index is 13.0. The van der Waals surface area contributed by atoms with Gasteiger partial charge in [0.15, 0.2) is 0 Å². The third kappa shape index (κ3) is 4.73. The summed E-state index contributed by atoms with van der Waals surface area (Å²) in [4.78, 5) is 0. The fourth-order valence-electron chi connectivity index (χ4n) is 1.50. The summed E-state index contributed by atoms with van der Waals surface area (Å²) in [7, 11) is 1.90. The van der Waals surface area contributed by atoms with Crippen LogP contribution in [-0.4, -0.2) is 25.8 Å². The molecule has 1 N–H and O–H groups in total. The Morgan fingerprint density at radius 3 is 2.69 bits per heavy atom. The highest BCUT2D eigenvalue weighted by molar-refractivity contribution is 5.17. The third-order valence-corrected chi connectivity index (χ3v) is 2.41. The van der Waals surface area contributed by atoms with E-state index in [1.165, 1.54) is 6.07 Å². The maximum Gasteiger partial charge on any atom is 0.123 e. The molecule has 0 radical (unpaired) electrons. The monoisotopic (exact) mass is 225 g/mol. The van der Waals surface area contributed by atoms with E-state index in [1.807, 2.05) is 27.0 Å². The van der Waals surface area contributed by atoms with Gasteiger partial charge >= 0.3 is 0 Å². The smallest absolute Gasteiger partial charge is 0.123 e. The number of rotatable bonds is 6. The van der Waals surface area contributed by atoms with Gasteiger partial charge in [-0.15, -0.1) is 0 Å². The summed E-state index contributed by atoms with van der Waals surface area (Å²) < 4.78 is 18.5. The zero-order valence-electron chi connectivity index (χ0n) is 10.2. The van der Waals surface area contributed by atoms with Crippen LogP contribution < -0.4 is 5.32 Å². The number of hydrogen-bond acceptors (Lipinski definition) is 2. The average molecular weight is 225 g/mol. The molecule has 16 heavy (non-hydrogen) atoms. The zero-order valence-corrected chi connectivity index (χ0v) is 10.2. The first kappa shape index (κ1) is 13.1. The van der Waals surface area contributed by atoms with Crippen LogP contribution in [0.15, 0.2) is 24.3 Å². The van der Waals surface area contributed by atoms with Gasteiger partial charge in [0.25, 0.3) is 0 Å². The molecule has 1 atom stereocenters. The summed E-state index contributed by atoms with van der Waals surface area (Å²) in [5, 5.41) is 3.18. The van der Waals surface area contributed by atoms with Crippen LogP contribution >= 0.6 is 0 Å². The van der Waals surface area contributed by atoms with E-state index in [2.05, 4.69) is 5.32 Å². The first-order valence-electron chi connectivity index (χ1n) is 5.65. The Morgan fingerprint density at radius 2 is 2.12 bits per heavy atom. The normalized spacial score (nSPS) is 13.1. The Labute approximate surface area is 96.8 Å². The van der Waals surface area contributed by atoms with Crippen LogP contribution in [0.25, 0.3) is 0 Å². The second kappa shape index (κ2) is 6.61. The Balaban J connectivity index is 2.49. The molecule has 1 aromatic carbocycles. The van der Waals surface area contributed by atoms with Crippen LogP contribution in [0.5, 0.6) is 0 Å². The lowest BCUT2D eigenvalue weighted by Gasteiger charge is -2.18. The van der Waals surface area contributed by atoms with Crippen LogP contribution in [0.4, 0.5) is 4.39 Å². The largest absolute Gasteiger partial charge is 0.377 e. The Hall–Kier alpha value is -0.930. The van der Waals surface area contributed by atoms with E-state index in [-0.39, 0.29) is 18.0 Å². The molecule has 0 aromatic heterocycles. The van der Waals surface area contributed by atoms with Gasteiger partial charge in [-0.3, -0.25) is 0 Å². The fourth-order valence-corrected chi connectivity index (χ4v) is 1.50. The van der Waals surface area contributed by atoms with Gasteiger partial charge in [-0.05, 0) is 45.0 Å². The molecular weight excluding hydrogens is 205 g/mol. The standard InChI is InChI=1S/C13H20FNO/c1-10(2)16-9-13(15-3)8-11-5-4-6-12(14)7-11/h4-7,10,13,15H,8-9H2,1-3H3. The van der Waals surface area contributed by atoms with Crippen LogP contribution in [-0.2, 0) is 11.2 Å². The van der Waals surface area contributed by atoms with E-state index in [0.29, 0.717) is 6.61 Å². The average Bonchev–Trinajstić information content (AvgIpc) is 2.24. The first-order chi connectivity index (χ1) is 7.61. The molecule has 0 spiro atoms. The van der Waals surface area contributed by atoms with Crippen molar-refractivity contribution in [3.63, 3.8) is 0 Å². The molecule has 0 fully saturated rings. The SMILES string of the molecule is CNC(COC(C)C)Cc1cccc(F)c1. The topological polar surface area (TPSA) is 21.3 Å². The fraction of sp³-hybridized carbons (Fsp3) is 0.538. The molecule has 0 heterocycles. The van der Waals surface area contributed by atoms with E-state index in [4.69, 9.17) is 4.74 Å². The Bertz CT molecular complexity index is 315. The van der Waals surface area contributed by atoms with Gasteiger partial charge in [0.2, 0.25) is 0 Å². The molecule has 1 aromatic rings. The maximum absolute atomic E-state index is 13.0. The van der Waals surface area contributed by atoms with Crippen molar-refractivity contribution >= 4 is 0 Å². The lowest BCUT2D eigenvalue weighted by molar-refractivity contribution is 0.0627. The molecule has 2 nitrogen and oxygen atoms in total. The second-order valence-electron chi connectivity index (χ2n) is 4.20. The summed E-state index contributed by atoms with van der Waals surface area (Å²) in [6.07, 6.45) is 1.00. The molecule has 0 aliphatic rings. The van der Waals surface area contributed by atoms with Gasteiger partial charge < -0.3 is 10.1 Å². The highest BCUT2D eigenvalue weighted by atomic mass is 19.1. The van der Waals surface area contributed by atoms with Gasteiger partial charge in [-0.25, -0.2) is 4.39 Å². The molecular formula is C13H20FNO. The quantitative estimate of drug-likeness (QED) is 0.802. The summed E-state index contributed by atoms with van der Waals surface area (Å²) in [5.41, 5.74) is 0.992. The van der Waals surface area contributed by atoms with Crippen LogP contribution in [0.1, 0.15) is 19.4 Å². The van der Waals surface area contributed by atoms with Crippen molar-refractivity contribution in [3.8, 4) is 0 Å². The Kier molecular flexibility index (Phi) is 5.43. The summed E-state index contributed by atoms with van der Waals surface area (Å²) in [5.74, 6) is -0.183. The van der Waals surface area contributed by atoms with Crippen molar-refractivity contribution in [2.75, 3.05) is 13.7 Å². The van der Waals surface area contributed by atoms with Crippen LogP contribution in [0.3, 0.4) is 0 Å². The van der Waals surface area contributed by atoms with Crippen LogP contribution in [0.2, 0.25) is 0 Å². The van der Waals surface area contributed by atoms with Crippen molar-refractivity contribution in [3.05, 3.63) is 35.6 Å². The van der Waals surface area contributed by atoms with E-state index in [0.717, 1.165) is 12.0 Å². The van der Waals surface area contributed by atoms with E-state index < -0.39 is 0 Å². The zero-order chi connectivity index (χ0) is 12.0. The first-order valence-corrected chi connectivity index (χ1v) is 5.65. The van der Waals surface area contributed by atoms with Crippen molar-refractivity contribution in [2.45, 2.75) is 32.4 Å². The van der Waals surface area contributed by atoms with Crippen molar-refractivity contribution in [2.24, 2.45) is 0 Å². The number of benzene rings is 1. The van der Waals surface area contributed by atoms with Gasteiger partial charge in [0.05, 0.1) is 12.7 Å². The molecule has 90 valence electrons. The molecule has 1 unspecified atom stereocenters. The molecule has 3 heteroatoms. The molecule has 0 amide bonds. The van der Waals surface area contributed by atoms with Gasteiger partial charge in [0, 0.05) is 6.04 Å². The highest BCUT2D eigenvalue weighted by Crippen LogP contribution is 2.07. The molecule has 0 saturated carbocycles. The van der Waals surface area contributed by atoms with E-state index in [9.17, 15) is 4.39 Å². The molecule has 1 rings (SSSR count). The Morgan fingerprint density at radius 1 is 1.38 bits per heavy atom. The highest BCUT2D eigenvalue weighted by Gasteiger charge is 2.08. The molecule has 0 saturated heterocycles. The number of ether oxygens (including phenoxy) is 1. The second-order valence-corrected chi connectivity index (χ2v) is 4.20. The van der Waals surface area contributed by atoms with Crippen molar-refractivity contribution in [1.82, 2.24) is 5.32 Å². The summed E-state index contributed by atoms with van der Waals surface area (Å²) in [6, 6.07) is 6.93. The number of likely N-dealkylation sites (N-methyl/N-ethyl adjacent to an activating group) is 1. The lowest BCUT2D eigenvalue weighted by atomic mass is 10.1. The molecule has 0 bridgehead atoms. The summed E-state index contributed by atoms with van der Waals surface area (Å²) in [6.45, 7) is 4.66. The molecule has 0 aliphatic heterocycles. The minimum absolute atomic E-state index is 0.183. The number of halogens is 1.